The van der Waals surface area contributed by atoms with Gasteiger partial charge in [-0.25, -0.2) is 19.3 Å². The predicted octanol–water partition coefficient (Wildman–Crippen LogP) is -0.816. The number of hydrogen-bond donors (Lipinski definition) is 6. The first-order valence-corrected chi connectivity index (χ1v) is 19.0. The second-order valence-corrected chi connectivity index (χ2v) is 16.7. The zero-order chi connectivity index (χ0) is 32.7. The molecule has 26 heteroatoms. The molecule has 46 heavy (non-hydrogen) atoms. The highest BCUT2D eigenvalue weighted by Crippen LogP contribution is 2.54. The summed E-state index contributed by atoms with van der Waals surface area (Å²) in [5.41, 5.74) is 17.8. The van der Waals surface area contributed by atoms with E-state index in [2.05, 4.69) is 24.9 Å². The number of alkyl halides is 1. The first-order chi connectivity index (χ1) is 21.7. The molecule has 248 valence electrons. The van der Waals surface area contributed by atoms with E-state index < -0.39 is 80.7 Å². The fourth-order valence-electron chi connectivity index (χ4n) is 5.32. The smallest absolute Gasteiger partial charge is 0.325 e. The molecule has 3 aliphatic rings. The number of aliphatic hydroxyl groups excluding tert-OH is 1. The normalized spacial score (nSPS) is 37.1. The third-order valence-electron chi connectivity index (χ3n) is 7.31. The Morgan fingerprint density at radius 1 is 0.935 bits per heavy atom. The number of fused-ring (bicyclic) bond motifs is 4. The standard InChI is InChI=1S/C20H23FN10O10P2S3/c21-7-10-5(38-17(7)30-4-27-8-13(22)25-3-26-15(8)30)1-36-43(35,45)41-11-6(2-37-42(34,44)40-10)39-18(9(11)32)31-16-12(46-20(31)33)14(23)28-19(24)29-16/h3-7,9-11,17-18,32H,1-2H2,(H,34,44)(H,35,45)(H2,22,25,26)(H4,23,24,28,29)/t5-,6-,7-,9-,10-,11-,17-,18-,42?,43?/m1/s1. The van der Waals surface area contributed by atoms with E-state index in [0.29, 0.717) is 11.3 Å². The molecule has 7 rings (SSSR count). The maximum Gasteiger partial charge on any atom is 0.325 e. The highest BCUT2D eigenvalue weighted by atomic mass is 32.5. The van der Waals surface area contributed by atoms with Crippen LogP contribution in [-0.2, 0) is 51.2 Å². The second kappa shape index (κ2) is 11.6. The number of rotatable bonds is 2. The zero-order valence-corrected chi connectivity index (χ0v) is 27.0. The third-order valence-corrected chi connectivity index (χ3v) is 11.4. The third kappa shape index (κ3) is 5.60. The van der Waals surface area contributed by atoms with Gasteiger partial charge in [0.1, 0.15) is 52.9 Å². The topological polar surface area (TPSA) is 286 Å². The molecule has 9 N–H and O–H groups in total. The molecule has 0 radical (unpaired) electrons. The summed E-state index contributed by atoms with van der Waals surface area (Å²) in [6.07, 6.45) is -9.99. The van der Waals surface area contributed by atoms with Crippen molar-refractivity contribution in [3.05, 3.63) is 22.3 Å². The van der Waals surface area contributed by atoms with Gasteiger partial charge in [-0.2, -0.15) is 9.97 Å². The molecule has 0 saturated carbocycles. The van der Waals surface area contributed by atoms with Gasteiger partial charge in [-0.15, -0.1) is 0 Å². The van der Waals surface area contributed by atoms with Crippen LogP contribution in [0.15, 0.2) is 17.4 Å². The monoisotopic (exact) mass is 740 g/mol. The van der Waals surface area contributed by atoms with E-state index in [0.717, 1.165) is 10.9 Å². The van der Waals surface area contributed by atoms with Gasteiger partial charge in [0.25, 0.3) is 0 Å². The average molecular weight is 741 g/mol. The Kier molecular flexibility index (Phi) is 8.13. The largest absolute Gasteiger partial charge is 0.386 e. The summed E-state index contributed by atoms with van der Waals surface area (Å²) >= 11 is 11.0. The molecule has 0 aromatic carbocycles. The van der Waals surface area contributed by atoms with Crippen LogP contribution in [0.4, 0.5) is 22.0 Å². The summed E-state index contributed by atoms with van der Waals surface area (Å²) in [7, 11) is 0. The van der Waals surface area contributed by atoms with Crippen molar-refractivity contribution < 1.29 is 46.9 Å². The van der Waals surface area contributed by atoms with E-state index in [1.54, 1.807) is 0 Å². The molecule has 10 atom stereocenters. The van der Waals surface area contributed by atoms with E-state index >= 15 is 4.39 Å². The Balaban J connectivity index is 1.18. The minimum absolute atomic E-state index is 0.0362. The van der Waals surface area contributed by atoms with E-state index in [9.17, 15) is 19.7 Å². The fourth-order valence-corrected chi connectivity index (χ4v) is 9.05. The number of thiazole rings is 1. The van der Waals surface area contributed by atoms with Crippen LogP contribution >= 0.6 is 24.8 Å². The Morgan fingerprint density at radius 2 is 1.59 bits per heavy atom. The molecule has 4 aromatic rings. The molecule has 7 heterocycles. The van der Waals surface area contributed by atoms with Crippen molar-refractivity contribution in [1.29, 1.82) is 0 Å². The van der Waals surface area contributed by atoms with Crippen LogP contribution in [0.25, 0.3) is 21.5 Å². The summed E-state index contributed by atoms with van der Waals surface area (Å²) in [5.74, 6) is -0.261. The molecule has 0 spiro atoms. The average Bonchev–Trinajstić information content (AvgIpc) is 3.71. The number of aliphatic hydroxyl groups is 1. The SMILES string of the molecule is Nc1nc(N)c2sc(=O)n([C@@H]3O[C@@H]4COP(O)(=S)O[C@H]5[C@@H](F)[C@H](n6cnc7c(N)ncnc76)O[C@@H]5COP(O)(=S)O[C@H]4[C@H]3O)c2n1. The summed E-state index contributed by atoms with van der Waals surface area (Å²) in [5, 5.41) is 11.3. The van der Waals surface area contributed by atoms with Crippen LogP contribution in [0, 0.1) is 0 Å². The van der Waals surface area contributed by atoms with Gasteiger partial charge in [-0.1, -0.05) is 11.3 Å². The van der Waals surface area contributed by atoms with E-state index in [4.69, 9.17) is 68.4 Å². The Labute approximate surface area is 269 Å². The summed E-state index contributed by atoms with van der Waals surface area (Å²) in [6, 6.07) is 0. The maximum atomic E-state index is 16.0. The van der Waals surface area contributed by atoms with Crippen LogP contribution in [-0.4, -0.2) is 98.9 Å². The number of nitrogens with zero attached hydrogens (tertiary/aromatic N) is 7. The molecule has 0 amide bonds. The molecule has 3 saturated heterocycles. The number of ether oxygens (including phenoxy) is 2. The molecular weight excluding hydrogens is 717 g/mol. The molecule has 3 fully saturated rings. The second-order valence-electron chi connectivity index (χ2n) is 10.2. The lowest BCUT2D eigenvalue weighted by atomic mass is 10.1. The van der Waals surface area contributed by atoms with Gasteiger partial charge in [-0.3, -0.25) is 23.0 Å². The van der Waals surface area contributed by atoms with Crippen LogP contribution in [0.2, 0.25) is 0 Å². The number of nitrogens with two attached hydrogens (primary N) is 3. The minimum atomic E-state index is -4.28. The van der Waals surface area contributed by atoms with Gasteiger partial charge in [0, 0.05) is 0 Å². The van der Waals surface area contributed by atoms with E-state index in [1.165, 1.54) is 10.9 Å². The molecule has 2 unspecified atom stereocenters. The van der Waals surface area contributed by atoms with Crippen molar-refractivity contribution in [3.63, 3.8) is 0 Å². The number of nitrogen functional groups attached to an aromatic ring is 3. The van der Waals surface area contributed by atoms with Crippen molar-refractivity contribution in [2.24, 2.45) is 0 Å². The first-order valence-electron chi connectivity index (χ1n) is 13.0. The number of aromatic nitrogens is 7. The van der Waals surface area contributed by atoms with Crippen molar-refractivity contribution in [2.75, 3.05) is 30.4 Å². The number of hydrogen-bond acceptors (Lipinski definition) is 19. The lowest BCUT2D eigenvalue weighted by Crippen LogP contribution is -2.38. The van der Waals surface area contributed by atoms with Crippen LogP contribution in [0.5, 0.6) is 0 Å². The van der Waals surface area contributed by atoms with Crippen LogP contribution < -0.4 is 22.1 Å². The van der Waals surface area contributed by atoms with Crippen LogP contribution in [0.1, 0.15) is 12.5 Å². The number of halogens is 1. The molecule has 0 bridgehead atoms. The molecule has 20 nitrogen and oxygen atoms in total. The maximum absolute atomic E-state index is 16.0. The van der Waals surface area contributed by atoms with Gasteiger partial charge in [0.05, 0.1) is 19.5 Å². The van der Waals surface area contributed by atoms with Gasteiger partial charge in [-0.05, 0) is 23.6 Å². The lowest BCUT2D eigenvalue weighted by molar-refractivity contribution is -0.0592. The predicted molar refractivity (Wildman–Crippen MR) is 164 cm³/mol. The lowest BCUT2D eigenvalue weighted by Gasteiger charge is -2.30. The van der Waals surface area contributed by atoms with Crippen molar-refractivity contribution in [2.45, 2.75) is 49.1 Å². The number of anilines is 3. The van der Waals surface area contributed by atoms with Gasteiger partial charge >= 0.3 is 18.3 Å². The summed E-state index contributed by atoms with van der Waals surface area (Å²) in [6.45, 7) is -9.78. The Hall–Kier alpha value is -2.41. The molecule has 0 aliphatic carbocycles. The van der Waals surface area contributed by atoms with Crippen molar-refractivity contribution >= 4 is 87.5 Å². The van der Waals surface area contributed by atoms with Crippen molar-refractivity contribution in [3.8, 4) is 0 Å². The van der Waals surface area contributed by atoms with Gasteiger partial charge in [0.2, 0.25) is 5.95 Å². The fraction of sp³-hybridized carbons (Fsp3) is 0.500. The first kappa shape index (κ1) is 32.2. The highest BCUT2D eigenvalue weighted by molar-refractivity contribution is 8.07. The quantitative estimate of drug-likeness (QED) is 0.137. The summed E-state index contributed by atoms with van der Waals surface area (Å²) < 4.78 is 52.4. The molecule has 3 aliphatic heterocycles. The molecule has 4 aromatic heterocycles. The Bertz CT molecular complexity index is 2000. The van der Waals surface area contributed by atoms with E-state index in [-0.39, 0.29) is 39.1 Å². The van der Waals surface area contributed by atoms with Gasteiger partial charge < -0.3 is 50.6 Å². The van der Waals surface area contributed by atoms with Crippen LogP contribution in [0.3, 0.4) is 0 Å². The van der Waals surface area contributed by atoms with E-state index in [1.807, 2.05) is 0 Å². The highest BCUT2D eigenvalue weighted by Gasteiger charge is 2.53. The number of imidazole rings is 1. The summed E-state index contributed by atoms with van der Waals surface area (Å²) in [4.78, 5) is 54.2. The van der Waals surface area contributed by atoms with Gasteiger partial charge in [0.15, 0.2) is 35.7 Å². The zero-order valence-electron chi connectivity index (χ0n) is 22.7. The molecular formula is C20H23FN10O10P2S3. The van der Waals surface area contributed by atoms with Crippen molar-refractivity contribution in [1.82, 2.24) is 34.1 Å². The minimum Gasteiger partial charge on any atom is -0.386 e. The Morgan fingerprint density at radius 3 is 2.30 bits per heavy atom.